The molecule has 2 atom stereocenters. The summed E-state index contributed by atoms with van der Waals surface area (Å²) < 4.78 is 1.08. The number of rotatable bonds is 3. The highest BCUT2D eigenvalue weighted by molar-refractivity contribution is 5.82. The van der Waals surface area contributed by atoms with Crippen LogP contribution in [0.15, 0.2) is 32.8 Å². The predicted molar refractivity (Wildman–Crippen MR) is 102 cm³/mol. The second kappa shape index (κ2) is 7.29. The van der Waals surface area contributed by atoms with E-state index in [4.69, 9.17) is 5.73 Å². The Kier molecular flexibility index (Phi) is 5.08. The number of hydrogen-bond donors (Lipinski definition) is 3. The first kappa shape index (κ1) is 18.1. The largest absolute Gasteiger partial charge is 0.493 e. The topological polar surface area (TPSA) is 113 Å². The molecule has 7 nitrogen and oxygen atoms in total. The Bertz CT molecular complexity index is 958. The van der Waals surface area contributed by atoms with Gasteiger partial charge in [-0.1, -0.05) is 18.9 Å². The highest BCUT2D eigenvalue weighted by atomic mass is 16.3. The summed E-state index contributed by atoms with van der Waals surface area (Å²) in [5.41, 5.74) is 7.20. The number of aromatic amines is 1. The van der Waals surface area contributed by atoms with Gasteiger partial charge in [-0.15, -0.1) is 0 Å². The normalized spacial score (nSPS) is 20.6. The van der Waals surface area contributed by atoms with Gasteiger partial charge >= 0.3 is 5.69 Å². The van der Waals surface area contributed by atoms with E-state index < -0.39 is 17.1 Å². The quantitative estimate of drug-likeness (QED) is 0.724. The van der Waals surface area contributed by atoms with Crippen LogP contribution in [0.5, 0.6) is 5.88 Å². The van der Waals surface area contributed by atoms with E-state index in [1.54, 1.807) is 12.1 Å². The summed E-state index contributed by atoms with van der Waals surface area (Å²) in [5, 5.41) is 10.6. The molecule has 0 amide bonds. The summed E-state index contributed by atoms with van der Waals surface area (Å²) in [4.78, 5) is 31.1. The SMILES string of the molecule is Cc1ccc(-n2c(O)c(C=N[C@H]3CCCC[C@H]3N)c(=O)[nH]c2=O)cc1C. The minimum atomic E-state index is -0.692. The fourth-order valence-corrected chi connectivity index (χ4v) is 3.25. The summed E-state index contributed by atoms with van der Waals surface area (Å²) in [6, 6.07) is 5.24. The maximum Gasteiger partial charge on any atom is 0.335 e. The maximum absolute atomic E-state index is 12.3. The van der Waals surface area contributed by atoms with Gasteiger partial charge in [0.15, 0.2) is 0 Å². The molecule has 1 aromatic carbocycles. The number of aromatic nitrogens is 2. The van der Waals surface area contributed by atoms with Gasteiger partial charge < -0.3 is 10.8 Å². The van der Waals surface area contributed by atoms with E-state index in [9.17, 15) is 14.7 Å². The van der Waals surface area contributed by atoms with Crippen LogP contribution in [0, 0.1) is 13.8 Å². The Morgan fingerprint density at radius 1 is 1.23 bits per heavy atom. The molecule has 0 unspecified atom stereocenters. The van der Waals surface area contributed by atoms with Crippen molar-refractivity contribution < 1.29 is 5.11 Å². The van der Waals surface area contributed by atoms with Crippen LogP contribution in [0.25, 0.3) is 5.69 Å². The summed E-state index contributed by atoms with van der Waals surface area (Å²) >= 11 is 0. The van der Waals surface area contributed by atoms with Crippen LogP contribution in [0.1, 0.15) is 42.4 Å². The van der Waals surface area contributed by atoms with E-state index >= 15 is 0 Å². The molecule has 0 aliphatic heterocycles. The Morgan fingerprint density at radius 3 is 2.65 bits per heavy atom. The van der Waals surface area contributed by atoms with Gasteiger partial charge in [-0.2, -0.15) is 0 Å². The van der Waals surface area contributed by atoms with E-state index in [0.29, 0.717) is 5.69 Å². The Balaban J connectivity index is 2.05. The lowest BCUT2D eigenvalue weighted by Gasteiger charge is -2.24. The van der Waals surface area contributed by atoms with Crippen LogP contribution < -0.4 is 17.0 Å². The van der Waals surface area contributed by atoms with Crippen molar-refractivity contribution in [1.29, 1.82) is 0 Å². The molecule has 1 aliphatic rings. The maximum atomic E-state index is 12.3. The zero-order chi connectivity index (χ0) is 18.8. The monoisotopic (exact) mass is 356 g/mol. The number of nitrogens with two attached hydrogens (primary N) is 1. The third kappa shape index (κ3) is 3.48. The first-order chi connectivity index (χ1) is 12.4. The molecule has 26 heavy (non-hydrogen) atoms. The second-order valence-electron chi connectivity index (χ2n) is 6.89. The first-order valence-electron chi connectivity index (χ1n) is 8.83. The molecule has 0 bridgehead atoms. The van der Waals surface area contributed by atoms with Crippen molar-refractivity contribution in [3.05, 3.63) is 55.7 Å². The van der Waals surface area contributed by atoms with Gasteiger partial charge in [0.1, 0.15) is 5.56 Å². The number of benzene rings is 1. The van der Waals surface area contributed by atoms with E-state index in [1.807, 2.05) is 19.9 Å². The van der Waals surface area contributed by atoms with Crippen molar-refractivity contribution in [3.8, 4) is 11.6 Å². The zero-order valence-corrected chi connectivity index (χ0v) is 15.0. The van der Waals surface area contributed by atoms with E-state index in [-0.39, 0.29) is 17.6 Å². The molecule has 1 heterocycles. The van der Waals surface area contributed by atoms with Crippen LogP contribution in [0.4, 0.5) is 0 Å². The summed E-state index contributed by atoms with van der Waals surface area (Å²) in [6.07, 6.45) is 5.21. The Labute approximate surface area is 151 Å². The lowest BCUT2D eigenvalue weighted by Crippen LogP contribution is -2.36. The molecule has 1 saturated carbocycles. The van der Waals surface area contributed by atoms with Gasteiger partial charge in [-0.05, 0) is 49.9 Å². The minimum Gasteiger partial charge on any atom is -0.493 e. The van der Waals surface area contributed by atoms with Gasteiger partial charge in [-0.25, -0.2) is 9.36 Å². The van der Waals surface area contributed by atoms with Crippen molar-refractivity contribution in [2.45, 2.75) is 51.6 Å². The number of nitrogens with zero attached hydrogens (tertiary/aromatic N) is 2. The van der Waals surface area contributed by atoms with Crippen LogP contribution in [-0.4, -0.2) is 33.0 Å². The molecule has 7 heteroatoms. The Morgan fingerprint density at radius 2 is 1.96 bits per heavy atom. The van der Waals surface area contributed by atoms with Crippen LogP contribution in [-0.2, 0) is 0 Å². The molecule has 0 saturated heterocycles. The zero-order valence-electron chi connectivity index (χ0n) is 15.0. The number of H-pyrrole nitrogens is 1. The fraction of sp³-hybridized carbons (Fsp3) is 0.421. The molecule has 1 fully saturated rings. The van der Waals surface area contributed by atoms with Crippen molar-refractivity contribution in [1.82, 2.24) is 9.55 Å². The number of nitrogens with one attached hydrogen (secondary N) is 1. The van der Waals surface area contributed by atoms with Crippen LogP contribution >= 0.6 is 0 Å². The third-order valence-corrected chi connectivity index (χ3v) is 5.05. The van der Waals surface area contributed by atoms with Crippen LogP contribution in [0.2, 0.25) is 0 Å². The average Bonchev–Trinajstić information content (AvgIpc) is 2.59. The van der Waals surface area contributed by atoms with Crippen molar-refractivity contribution in [2.24, 2.45) is 10.7 Å². The first-order valence-corrected chi connectivity index (χ1v) is 8.83. The van der Waals surface area contributed by atoms with Crippen LogP contribution in [0.3, 0.4) is 0 Å². The van der Waals surface area contributed by atoms with Gasteiger partial charge in [0.2, 0.25) is 5.88 Å². The second-order valence-corrected chi connectivity index (χ2v) is 6.89. The minimum absolute atomic E-state index is 0.0411. The molecule has 2 aromatic rings. The van der Waals surface area contributed by atoms with Crippen molar-refractivity contribution >= 4 is 6.21 Å². The highest BCUT2D eigenvalue weighted by Crippen LogP contribution is 2.21. The number of aliphatic imine (C=N–C) groups is 1. The molecule has 0 radical (unpaired) electrons. The van der Waals surface area contributed by atoms with Crippen molar-refractivity contribution in [2.75, 3.05) is 0 Å². The number of hydrogen-bond acceptors (Lipinski definition) is 5. The molecule has 138 valence electrons. The van der Waals surface area contributed by atoms with Crippen molar-refractivity contribution in [3.63, 3.8) is 0 Å². The lowest BCUT2D eigenvalue weighted by molar-refractivity contribution is 0.387. The highest BCUT2D eigenvalue weighted by Gasteiger charge is 2.21. The molecule has 1 aliphatic carbocycles. The molecule has 3 rings (SSSR count). The third-order valence-electron chi connectivity index (χ3n) is 5.05. The smallest absolute Gasteiger partial charge is 0.335 e. The molecular formula is C19H24N4O3. The Hall–Kier alpha value is -2.67. The molecular weight excluding hydrogens is 332 g/mol. The molecule has 0 spiro atoms. The van der Waals surface area contributed by atoms with E-state index in [2.05, 4.69) is 9.98 Å². The summed E-state index contributed by atoms with van der Waals surface area (Å²) in [5.74, 6) is -0.421. The molecule has 1 aromatic heterocycles. The summed E-state index contributed by atoms with van der Waals surface area (Å²) in [7, 11) is 0. The van der Waals surface area contributed by atoms with E-state index in [0.717, 1.165) is 41.4 Å². The van der Waals surface area contributed by atoms with Gasteiger partial charge in [0.05, 0.1) is 11.7 Å². The fourth-order valence-electron chi connectivity index (χ4n) is 3.25. The summed E-state index contributed by atoms with van der Waals surface area (Å²) in [6.45, 7) is 3.87. The molecule has 4 N–H and O–H groups in total. The van der Waals surface area contributed by atoms with Gasteiger partial charge in [0, 0.05) is 12.3 Å². The standard InChI is InChI=1S/C19H24N4O3/c1-11-7-8-13(9-12(11)2)23-18(25)14(17(24)22-19(23)26)10-21-16-6-4-3-5-15(16)20/h7-10,15-16,25H,3-6,20H2,1-2H3,(H,22,24,26)/t15-,16+/m1/s1. The number of aryl methyl sites for hydroxylation is 2. The van der Waals surface area contributed by atoms with Gasteiger partial charge in [-0.3, -0.25) is 14.8 Å². The number of aromatic hydroxyl groups is 1. The lowest BCUT2D eigenvalue weighted by atomic mass is 9.91. The van der Waals surface area contributed by atoms with E-state index in [1.165, 1.54) is 6.21 Å². The predicted octanol–water partition coefficient (Wildman–Crippen LogP) is 1.54. The van der Waals surface area contributed by atoms with Gasteiger partial charge in [0.25, 0.3) is 5.56 Å². The average molecular weight is 356 g/mol.